The number of hydrogen-bond acceptors (Lipinski definition) is 5. The standard InChI is InChI=1S/C33H41Cl4NO5/c1-5-6-7-8-9-10-11-12-13-14-15-16-17-42-32(40)23-18-26(25(35)19-24(23)34)38-31(39)30(43-33(38)41)27-20(2)28(36)22(4)29(37)21(27)3/h18-19,39H,5-17H2,1-4H3. The van der Waals surface area contributed by atoms with E-state index in [4.69, 9.17) is 55.6 Å². The zero-order valence-electron chi connectivity index (χ0n) is 25.4. The zero-order chi connectivity index (χ0) is 31.7. The molecule has 0 atom stereocenters. The molecule has 236 valence electrons. The van der Waals surface area contributed by atoms with Crippen LogP contribution in [0.1, 0.15) is 111 Å². The van der Waals surface area contributed by atoms with Crippen molar-refractivity contribution in [2.24, 2.45) is 0 Å². The number of aromatic nitrogens is 1. The van der Waals surface area contributed by atoms with Crippen LogP contribution < -0.4 is 5.76 Å². The first-order chi connectivity index (χ1) is 20.5. The first-order valence-electron chi connectivity index (χ1n) is 15.1. The molecule has 1 N–H and O–H groups in total. The minimum absolute atomic E-state index is 0.0143. The number of carbonyl (C=O) groups excluding carboxylic acids is 1. The SMILES string of the molecule is CCCCCCCCCCCCCCOC(=O)c1cc(-n2c(O)c(-c3c(C)c(Cl)c(C)c(Cl)c3C)oc2=O)c(Cl)cc1Cl. The first kappa shape index (κ1) is 35.4. The Kier molecular flexibility index (Phi) is 13.8. The van der Waals surface area contributed by atoms with Crippen molar-refractivity contribution in [3.05, 3.63) is 65.0 Å². The van der Waals surface area contributed by atoms with Gasteiger partial charge in [-0.15, -0.1) is 0 Å². The summed E-state index contributed by atoms with van der Waals surface area (Å²) in [5.74, 6) is -2.21. The molecule has 10 heteroatoms. The summed E-state index contributed by atoms with van der Waals surface area (Å²) in [6.07, 6.45) is 14.5. The number of aromatic hydroxyl groups is 1. The monoisotopic (exact) mass is 671 g/mol. The van der Waals surface area contributed by atoms with E-state index >= 15 is 0 Å². The molecule has 0 bridgehead atoms. The highest BCUT2D eigenvalue weighted by Gasteiger charge is 2.27. The topological polar surface area (TPSA) is 81.7 Å². The zero-order valence-corrected chi connectivity index (χ0v) is 28.4. The fraction of sp³-hybridized carbons (Fsp3) is 0.515. The molecule has 3 rings (SSSR count). The van der Waals surface area contributed by atoms with E-state index < -0.39 is 17.6 Å². The minimum atomic E-state index is -0.917. The van der Waals surface area contributed by atoms with E-state index in [1.807, 2.05) is 0 Å². The van der Waals surface area contributed by atoms with Gasteiger partial charge in [-0.1, -0.05) is 124 Å². The molecule has 43 heavy (non-hydrogen) atoms. The minimum Gasteiger partial charge on any atom is -0.491 e. The van der Waals surface area contributed by atoms with Gasteiger partial charge in [-0.25, -0.2) is 14.2 Å². The molecule has 0 radical (unpaired) electrons. The van der Waals surface area contributed by atoms with Crippen LogP contribution in [0.2, 0.25) is 20.1 Å². The lowest BCUT2D eigenvalue weighted by molar-refractivity contribution is 0.0497. The maximum absolute atomic E-state index is 13.0. The molecule has 0 aliphatic carbocycles. The summed E-state index contributed by atoms with van der Waals surface area (Å²) >= 11 is 25.7. The normalized spacial score (nSPS) is 11.3. The highest BCUT2D eigenvalue weighted by Crippen LogP contribution is 2.43. The number of halogens is 4. The fourth-order valence-corrected chi connectivity index (χ4v) is 6.26. The third kappa shape index (κ3) is 8.75. The van der Waals surface area contributed by atoms with E-state index in [-0.39, 0.29) is 33.7 Å². The Morgan fingerprint density at radius 1 is 0.791 bits per heavy atom. The summed E-state index contributed by atoms with van der Waals surface area (Å²) in [7, 11) is 0. The number of rotatable bonds is 16. The van der Waals surface area contributed by atoms with Crippen molar-refractivity contribution in [2.45, 2.75) is 105 Å². The van der Waals surface area contributed by atoms with Gasteiger partial charge in [0, 0.05) is 15.6 Å². The van der Waals surface area contributed by atoms with Crippen molar-refractivity contribution in [3.63, 3.8) is 0 Å². The lowest BCUT2D eigenvalue weighted by Gasteiger charge is -2.15. The summed E-state index contributed by atoms with van der Waals surface area (Å²) in [4.78, 5) is 25.9. The number of carbonyl (C=O) groups is 1. The first-order valence-corrected chi connectivity index (χ1v) is 16.6. The van der Waals surface area contributed by atoms with Crippen LogP contribution >= 0.6 is 46.4 Å². The lowest BCUT2D eigenvalue weighted by Crippen LogP contribution is -2.14. The molecule has 0 amide bonds. The van der Waals surface area contributed by atoms with E-state index in [0.717, 1.165) is 23.8 Å². The van der Waals surface area contributed by atoms with Gasteiger partial charge in [0.25, 0.3) is 0 Å². The van der Waals surface area contributed by atoms with Gasteiger partial charge in [0.1, 0.15) is 0 Å². The summed E-state index contributed by atoms with van der Waals surface area (Å²) in [5, 5.41) is 12.0. The molecule has 3 aromatic rings. The molecule has 0 aliphatic rings. The van der Waals surface area contributed by atoms with E-state index in [0.29, 0.717) is 32.3 Å². The van der Waals surface area contributed by atoms with Gasteiger partial charge >= 0.3 is 11.7 Å². The van der Waals surface area contributed by atoms with E-state index in [1.165, 1.54) is 69.9 Å². The van der Waals surface area contributed by atoms with Crippen LogP contribution in [0.4, 0.5) is 0 Å². The summed E-state index contributed by atoms with van der Waals surface area (Å²) in [6.45, 7) is 7.75. The van der Waals surface area contributed by atoms with E-state index in [2.05, 4.69) is 6.92 Å². The predicted octanol–water partition coefficient (Wildman–Crippen LogP) is 11.2. The van der Waals surface area contributed by atoms with Crippen LogP contribution in [0, 0.1) is 20.8 Å². The molecule has 0 saturated carbocycles. The Morgan fingerprint density at radius 2 is 1.30 bits per heavy atom. The third-order valence-electron chi connectivity index (χ3n) is 7.81. The second-order valence-corrected chi connectivity index (χ2v) is 12.6. The summed E-state index contributed by atoms with van der Waals surface area (Å²) < 4.78 is 11.8. The highest BCUT2D eigenvalue weighted by atomic mass is 35.5. The molecule has 6 nitrogen and oxygen atoms in total. The summed E-state index contributed by atoms with van der Waals surface area (Å²) in [6, 6.07) is 2.64. The Hall–Kier alpha value is -2.12. The number of oxazole rings is 1. The maximum atomic E-state index is 13.0. The quantitative estimate of drug-likeness (QED) is 0.121. The number of hydrogen-bond donors (Lipinski definition) is 1. The predicted molar refractivity (Wildman–Crippen MR) is 177 cm³/mol. The molecule has 0 unspecified atom stereocenters. The maximum Gasteiger partial charge on any atom is 0.427 e. The second kappa shape index (κ2) is 16.8. The van der Waals surface area contributed by atoms with Crippen molar-refractivity contribution in [1.82, 2.24) is 4.57 Å². The smallest absolute Gasteiger partial charge is 0.427 e. The molecule has 0 spiro atoms. The van der Waals surface area contributed by atoms with E-state index in [9.17, 15) is 14.7 Å². The molecule has 1 heterocycles. The Morgan fingerprint density at radius 3 is 1.84 bits per heavy atom. The Balaban J connectivity index is 1.65. The molecule has 2 aromatic carbocycles. The lowest BCUT2D eigenvalue weighted by atomic mass is 9.97. The molecular formula is C33H41Cl4NO5. The number of nitrogens with zero attached hydrogens (tertiary/aromatic N) is 1. The van der Waals surface area contributed by atoms with Crippen molar-refractivity contribution in [1.29, 1.82) is 0 Å². The number of unbranched alkanes of at least 4 members (excludes halogenated alkanes) is 11. The average Bonchev–Trinajstić information content (AvgIpc) is 3.26. The molecule has 1 aromatic heterocycles. The largest absolute Gasteiger partial charge is 0.491 e. The van der Waals surface area contributed by atoms with Crippen LogP contribution in [0.5, 0.6) is 5.88 Å². The Labute approximate surface area is 274 Å². The van der Waals surface area contributed by atoms with Crippen molar-refractivity contribution in [2.75, 3.05) is 6.61 Å². The summed E-state index contributed by atoms with van der Waals surface area (Å²) in [5.41, 5.74) is 2.27. The fourth-order valence-electron chi connectivity index (χ4n) is 5.29. The van der Waals surface area contributed by atoms with Gasteiger partial charge in [0.15, 0.2) is 0 Å². The molecule has 0 saturated heterocycles. The van der Waals surface area contributed by atoms with Crippen molar-refractivity contribution < 1.29 is 19.1 Å². The molecule has 0 fully saturated rings. The van der Waals surface area contributed by atoms with Crippen molar-refractivity contribution >= 4 is 52.4 Å². The van der Waals surface area contributed by atoms with Crippen LogP contribution in [0.15, 0.2) is 21.3 Å². The average molecular weight is 674 g/mol. The third-order valence-corrected chi connectivity index (χ3v) is 9.56. The molecular weight excluding hydrogens is 632 g/mol. The van der Waals surface area contributed by atoms with Crippen LogP contribution in [-0.4, -0.2) is 22.2 Å². The van der Waals surface area contributed by atoms with Crippen LogP contribution in [-0.2, 0) is 4.74 Å². The van der Waals surface area contributed by atoms with Gasteiger partial charge in [-0.2, -0.15) is 0 Å². The second-order valence-electron chi connectivity index (χ2n) is 11.0. The number of ether oxygens (including phenoxy) is 1. The van der Waals surface area contributed by atoms with Crippen LogP contribution in [0.25, 0.3) is 17.0 Å². The van der Waals surface area contributed by atoms with E-state index in [1.54, 1.807) is 20.8 Å². The highest BCUT2D eigenvalue weighted by molar-refractivity contribution is 6.38. The van der Waals surface area contributed by atoms with Gasteiger partial charge in [-0.05, 0) is 56.0 Å². The number of esters is 1. The van der Waals surface area contributed by atoms with Gasteiger partial charge in [0.2, 0.25) is 11.6 Å². The van der Waals surface area contributed by atoms with Gasteiger partial charge in [-0.3, -0.25) is 0 Å². The molecule has 0 aliphatic heterocycles. The number of benzene rings is 2. The van der Waals surface area contributed by atoms with Crippen molar-refractivity contribution in [3.8, 4) is 22.9 Å². The van der Waals surface area contributed by atoms with Crippen LogP contribution in [0.3, 0.4) is 0 Å². The Bertz CT molecular complexity index is 1450. The van der Waals surface area contributed by atoms with Gasteiger partial charge < -0.3 is 14.3 Å². The van der Waals surface area contributed by atoms with Gasteiger partial charge in [0.05, 0.1) is 27.9 Å².